The fourth-order valence-corrected chi connectivity index (χ4v) is 5.96. The fourth-order valence-electron chi connectivity index (χ4n) is 5.96. The first-order valence-electron chi connectivity index (χ1n) is 13.8. The van der Waals surface area contributed by atoms with E-state index in [0.717, 1.165) is 71.8 Å². The maximum absolute atomic E-state index is 4.72. The quantitative estimate of drug-likeness (QED) is 0.353. The number of likely N-dealkylation sites (tertiary alicyclic amines) is 1. The van der Waals surface area contributed by atoms with Gasteiger partial charge in [0, 0.05) is 84.4 Å². The van der Waals surface area contributed by atoms with Crippen LogP contribution in [-0.2, 0) is 6.54 Å². The van der Waals surface area contributed by atoms with Crippen LogP contribution in [0.1, 0.15) is 24.8 Å². The molecule has 2 aliphatic heterocycles. The molecule has 2 aliphatic rings. The Kier molecular flexibility index (Phi) is 6.06. The number of aromatic nitrogens is 5. The fraction of sp³-hybridized carbons (Fsp3) is 0.367. The van der Waals surface area contributed by atoms with Crippen molar-refractivity contribution < 1.29 is 0 Å². The van der Waals surface area contributed by atoms with E-state index in [9.17, 15) is 0 Å². The van der Waals surface area contributed by atoms with Crippen LogP contribution in [0.2, 0.25) is 0 Å². The number of hydrogen-bond acceptors (Lipinski definition) is 6. The van der Waals surface area contributed by atoms with Crippen molar-refractivity contribution in [2.45, 2.75) is 25.8 Å². The van der Waals surface area contributed by atoms with E-state index in [0.29, 0.717) is 0 Å². The first kappa shape index (κ1) is 23.4. The number of pyridine rings is 2. The highest BCUT2D eigenvalue weighted by Crippen LogP contribution is 2.34. The Morgan fingerprint density at radius 1 is 0.842 bits per heavy atom. The molecule has 5 aromatic rings. The summed E-state index contributed by atoms with van der Waals surface area (Å²) in [4.78, 5) is 20.3. The van der Waals surface area contributed by atoms with Gasteiger partial charge in [0.15, 0.2) is 5.65 Å². The van der Waals surface area contributed by atoms with E-state index in [1.807, 2.05) is 18.6 Å². The molecule has 0 amide bonds. The number of benzene rings is 1. The van der Waals surface area contributed by atoms with Crippen LogP contribution in [0.3, 0.4) is 0 Å². The molecular weight excluding hydrogens is 472 g/mol. The zero-order valence-corrected chi connectivity index (χ0v) is 22.0. The van der Waals surface area contributed by atoms with Gasteiger partial charge in [0.2, 0.25) is 0 Å². The minimum absolute atomic E-state index is 0.791. The molecular formula is C30H34N8. The summed E-state index contributed by atoms with van der Waals surface area (Å²) in [6, 6.07) is 13.2. The molecule has 0 bridgehead atoms. The predicted octanol–water partition coefficient (Wildman–Crippen LogP) is 4.91. The number of H-pyrrole nitrogens is 2. The number of fused-ring (bicyclic) bond motifs is 2. The lowest BCUT2D eigenvalue weighted by molar-refractivity contribution is 0.220. The van der Waals surface area contributed by atoms with Crippen molar-refractivity contribution in [2.75, 3.05) is 51.2 Å². The molecule has 7 rings (SSSR count). The smallest absolute Gasteiger partial charge is 0.155 e. The largest absolute Gasteiger partial charge is 0.368 e. The molecule has 8 heteroatoms. The molecule has 2 saturated heterocycles. The summed E-state index contributed by atoms with van der Waals surface area (Å²) >= 11 is 0. The Bertz CT molecular complexity index is 1570. The average Bonchev–Trinajstić information content (AvgIpc) is 3.58. The molecule has 0 saturated carbocycles. The van der Waals surface area contributed by atoms with Crippen molar-refractivity contribution in [3.63, 3.8) is 0 Å². The van der Waals surface area contributed by atoms with Crippen molar-refractivity contribution >= 4 is 27.6 Å². The van der Waals surface area contributed by atoms with E-state index >= 15 is 0 Å². The Labute approximate surface area is 222 Å². The normalized spacial score (nSPS) is 17.6. The van der Waals surface area contributed by atoms with Crippen LogP contribution in [0.4, 0.5) is 5.69 Å². The van der Waals surface area contributed by atoms with Gasteiger partial charge in [-0.05, 0) is 68.9 Å². The second-order valence-electron chi connectivity index (χ2n) is 10.8. The summed E-state index contributed by atoms with van der Waals surface area (Å²) < 4.78 is 0. The number of piperazine rings is 1. The van der Waals surface area contributed by atoms with Crippen molar-refractivity contribution in [3.05, 3.63) is 60.6 Å². The Morgan fingerprint density at radius 2 is 1.68 bits per heavy atom. The lowest BCUT2D eigenvalue weighted by Crippen LogP contribution is -2.44. The highest BCUT2D eigenvalue weighted by Gasteiger charge is 2.19. The van der Waals surface area contributed by atoms with Gasteiger partial charge in [-0.25, -0.2) is 4.98 Å². The summed E-state index contributed by atoms with van der Waals surface area (Å²) in [6.45, 7) is 7.56. The molecule has 0 aliphatic carbocycles. The summed E-state index contributed by atoms with van der Waals surface area (Å²) in [5.41, 5.74) is 8.51. The highest BCUT2D eigenvalue weighted by atomic mass is 15.2. The third kappa shape index (κ3) is 4.44. The zero-order chi connectivity index (χ0) is 25.5. The molecule has 8 nitrogen and oxygen atoms in total. The van der Waals surface area contributed by atoms with Gasteiger partial charge in [-0.1, -0.05) is 12.5 Å². The second kappa shape index (κ2) is 9.85. The first-order valence-corrected chi connectivity index (χ1v) is 13.8. The Hall–Kier alpha value is -3.75. The van der Waals surface area contributed by atoms with Crippen LogP contribution < -0.4 is 4.90 Å². The summed E-state index contributed by atoms with van der Waals surface area (Å²) in [5, 5.41) is 10.1. The van der Waals surface area contributed by atoms with Crippen molar-refractivity contribution in [3.8, 4) is 22.5 Å². The minimum atomic E-state index is 0.791. The third-order valence-corrected chi connectivity index (χ3v) is 8.14. The molecule has 1 aromatic carbocycles. The topological polar surface area (TPSA) is 80.0 Å². The lowest BCUT2D eigenvalue weighted by atomic mass is 10.0. The van der Waals surface area contributed by atoms with E-state index in [2.05, 4.69) is 78.3 Å². The molecule has 38 heavy (non-hydrogen) atoms. The van der Waals surface area contributed by atoms with Gasteiger partial charge in [-0.15, -0.1) is 0 Å². The summed E-state index contributed by atoms with van der Waals surface area (Å²) in [5.74, 6) is 0. The van der Waals surface area contributed by atoms with Gasteiger partial charge >= 0.3 is 0 Å². The number of piperidine rings is 1. The molecule has 194 valence electrons. The van der Waals surface area contributed by atoms with Crippen LogP contribution in [0.15, 0.2) is 55.0 Å². The third-order valence-electron chi connectivity index (χ3n) is 8.14. The van der Waals surface area contributed by atoms with Gasteiger partial charge < -0.3 is 14.8 Å². The van der Waals surface area contributed by atoms with E-state index in [1.165, 1.54) is 49.0 Å². The molecule has 0 unspecified atom stereocenters. The number of nitrogens with one attached hydrogen (secondary N) is 2. The van der Waals surface area contributed by atoms with Gasteiger partial charge in [0.25, 0.3) is 0 Å². The van der Waals surface area contributed by atoms with Crippen molar-refractivity contribution in [1.82, 2.24) is 34.9 Å². The maximum Gasteiger partial charge on any atom is 0.155 e. The SMILES string of the molecule is CN1CCN(c2cccc3[nH]c(-c4n[nH]c5ncc(-c6cncc(CN7CCCCC7)c6)cc45)cc23)CC1. The number of anilines is 1. The molecule has 4 aromatic heterocycles. The van der Waals surface area contributed by atoms with E-state index in [-0.39, 0.29) is 0 Å². The molecule has 2 fully saturated rings. The maximum atomic E-state index is 4.72. The van der Waals surface area contributed by atoms with Gasteiger partial charge in [0.1, 0.15) is 5.69 Å². The van der Waals surface area contributed by atoms with Crippen LogP contribution in [0, 0.1) is 0 Å². The second-order valence-corrected chi connectivity index (χ2v) is 10.8. The monoisotopic (exact) mass is 506 g/mol. The van der Waals surface area contributed by atoms with Crippen LogP contribution in [0.25, 0.3) is 44.5 Å². The van der Waals surface area contributed by atoms with E-state index < -0.39 is 0 Å². The number of aromatic amines is 2. The Morgan fingerprint density at radius 3 is 2.55 bits per heavy atom. The van der Waals surface area contributed by atoms with Gasteiger partial charge in [0.05, 0.1) is 5.69 Å². The summed E-state index contributed by atoms with van der Waals surface area (Å²) in [7, 11) is 2.19. The lowest BCUT2D eigenvalue weighted by Gasteiger charge is -2.34. The first-order chi connectivity index (χ1) is 18.7. The van der Waals surface area contributed by atoms with Crippen LogP contribution >= 0.6 is 0 Å². The Balaban J connectivity index is 1.22. The molecule has 0 atom stereocenters. The predicted molar refractivity (Wildman–Crippen MR) is 153 cm³/mol. The molecule has 0 radical (unpaired) electrons. The summed E-state index contributed by atoms with van der Waals surface area (Å²) in [6.07, 6.45) is 9.79. The average molecular weight is 507 g/mol. The number of nitrogens with zero attached hydrogens (tertiary/aromatic N) is 6. The van der Waals surface area contributed by atoms with Crippen molar-refractivity contribution in [2.24, 2.45) is 0 Å². The zero-order valence-electron chi connectivity index (χ0n) is 22.0. The minimum Gasteiger partial charge on any atom is -0.368 e. The molecule has 6 heterocycles. The molecule has 2 N–H and O–H groups in total. The number of likely N-dealkylation sites (N-methyl/N-ethyl adjacent to an activating group) is 1. The van der Waals surface area contributed by atoms with Crippen LogP contribution in [-0.4, -0.2) is 81.3 Å². The standard InChI is InChI=1S/C30H34N8/c1-36-10-12-38(13-11-36)28-7-5-6-26-24(28)16-27(33-26)29-25-15-23(19-32-30(25)35-34-29)22-14-21(17-31-18-22)20-37-8-3-2-4-9-37/h5-7,14-19,33H,2-4,8-13,20H2,1H3,(H,32,34,35). The highest BCUT2D eigenvalue weighted by molar-refractivity contribution is 6.00. The van der Waals surface area contributed by atoms with Crippen molar-refractivity contribution in [1.29, 1.82) is 0 Å². The van der Waals surface area contributed by atoms with E-state index in [4.69, 9.17) is 4.98 Å². The number of hydrogen-bond donors (Lipinski definition) is 2. The van der Waals surface area contributed by atoms with Crippen LogP contribution in [0.5, 0.6) is 0 Å². The van der Waals surface area contributed by atoms with Gasteiger partial charge in [-0.2, -0.15) is 5.10 Å². The van der Waals surface area contributed by atoms with E-state index in [1.54, 1.807) is 0 Å². The number of rotatable bonds is 5. The van der Waals surface area contributed by atoms with Gasteiger partial charge in [-0.3, -0.25) is 15.0 Å². The molecule has 0 spiro atoms.